The molecule has 0 aliphatic carbocycles. The smallest absolute Gasteiger partial charge is 0.186 e. The van der Waals surface area contributed by atoms with E-state index in [-0.39, 0.29) is 10.6 Å². The van der Waals surface area contributed by atoms with Crippen molar-refractivity contribution in [2.24, 2.45) is 0 Å². The molecule has 0 radical (unpaired) electrons. The molecule has 2 heterocycles. The summed E-state index contributed by atoms with van der Waals surface area (Å²) in [6.07, 6.45) is 1.67. The maximum Gasteiger partial charge on any atom is 0.186 e. The van der Waals surface area contributed by atoms with E-state index in [1.54, 1.807) is 18.2 Å². The van der Waals surface area contributed by atoms with Gasteiger partial charge >= 0.3 is 0 Å². The van der Waals surface area contributed by atoms with Gasteiger partial charge in [-0.3, -0.25) is 0 Å². The topological polar surface area (TPSA) is 50.7 Å². The zero-order valence-electron chi connectivity index (χ0n) is 18.0. The maximum absolute atomic E-state index is 14.4. The summed E-state index contributed by atoms with van der Waals surface area (Å²) in [6, 6.07) is 14.3. The molecule has 0 saturated carbocycles. The van der Waals surface area contributed by atoms with Crippen LogP contribution < -0.4 is 14.8 Å². The van der Waals surface area contributed by atoms with E-state index in [1.165, 1.54) is 6.07 Å². The van der Waals surface area contributed by atoms with Crippen LogP contribution in [0.3, 0.4) is 0 Å². The lowest BCUT2D eigenvalue weighted by Gasteiger charge is -2.37. The van der Waals surface area contributed by atoms with Gasteiger partial charge in [0.1, 0.15) is 17.3 Å². The molecular formula is C26H23ClFNO3. The van der Waals surface area contributed by atoms with Gasteiger partial charge in [-0.25, -0.2) is 4.39 Å². The van der Waals surface area contributed by atoms with Crippen molar-refractivity contribution in [3.63, 3.8) is 0 Å². The van der Waals surface area contributed by atoms with Crippen molar-refractivity contribution < 1.29 is 19.0 Å². The van der Waals surface area contributed by atoms with E-state index in [4.69, 9.17) is 21.1 Å². The average molecular weight is 452 g/mol. The van der Waals surface area contributed by atoms with Crippen molar-refractivity contribution in [3.8, 4) is 22.6 Å². The van der Waals surface area contributed by atoms with E-state index in [2.05, 4.69) is 44.3 Å². The molecule has 0 aromatic heterocycles. The number of nitrogens with one attached hydrogen (secondary N) is 1. The Balaban J connectivity index is 1.78. The van der Waals surface area contributed by atoms with Crippen LogP contribution in [0.25, 0.3) is 16.7 Å². The number of fused-ring (bicyclic) bond motifs is 5. The second-order valence-electron chi connectivity index (χ2n) is 8.73. The van der Waals surface area contributed by atoms with E-state index in [0.29, 0.717) is 17.1 Å². The molecule has 164 valence electrons. The molecule has 0 fully saturated rings. The predicted molar refractivity (Wildman–Crippen MR) is 125 cm³/mol. The monoisotopic (exact) mass is 451 g/mol. The summed E-state index contributed by atoms with van der Waals surface area (Å²) in [5.41, 5.74) is 6.44. The first-order valence-electron chi connectivity index (χ1n) is 10.4. The Morgan fingerprint density at radius 2 is 1.94 bits per heavy atom. The highest BCUT2D eigenvalue weighted by atomic mass is 35.5. The minimum absolute atomic E-state index is 0.0746. The summed E-state index contributed by atoms with van der Waals surface area (Å²) < 4.78 is 26.2. The number of anilines is 1. The molecule has 2 aliphatic heterocycles. The number of hydrogen-bond acceptors (Lipinski definition) is 4. The van der Waals surface area contributed by atoms with Gasteiger partial charge in [-0.2, -0.15) is 0 Å². The highest BCUT2D eigenvalue weighted by Gasteiger charge is 2.35. The SMILES string of the molecule is CC1=CC(C)(C)Nc2ccc3c(c21)C(c1ccc(Cl)c(F)c1)Oc1ccc(OCO)cc1-3. The Hall–Kier alpha value is -3.02. The third-order valence-electron chi connectivity index (χ3n) is 5.90. The molecule has 0 amide bonds. The van der Waals surface area contributed by atoms with Crippen LogP contribution in [-0.2, 0) is 0 Å². The minimum atomic E-state index is -0.518. The second-order valence-corrected chi connectivity index (χ2v) is 9.13. The van der Waals surface area contributed by atoms with Crippen LogP contribution in [0.1, 0.15) is 43.6 Å². The Kier molecular flexibility index (Phi) is 4.91. The van der Waals surface area contributed by atoms with Gasteiger partial charge in [0.25, 0.3) is 0 Å². The fraction of sp³-hybridized carbons (Fsp3) is 0.231. The minimum Gasteiger partial charge on any atom is -0.480 e. The molecule has 6 heteroatoms. The van der Waals surface area contributed by atoms with Crippen LogP contribution in [0.15, 0.2) is 54.6 Å². The zero-order valence-corrected chi connectivity index (χ0v) is 18.8. The van der Waals surface area contributed by atoms with Gasteiger partial charge in [-0.05, 0) is 73.9 Å². The van der Waals surface area contributed by atoms with Crippen molar-refractivity contribution in [3.05, 3.63) is 82.1 Å². The number of allylic oxidation sites excluding steroid dienone is 1. The molecule has 0 saturated heterocycles. The summed E-state index contributed by atoms with van der Waals surface area (Å²) in [6.45, 7) is 5.91. The number of aliphatic hydroxyl groups is 1. The van der Waals surface area contributed by atoms with Crippen LogP contribution in [-0.4, -0.2) is 17.4 Å². The molecule has 2 N–H and O–H groups in total. The molecular weight excluding hydrogens is 429 g/mol. The van der Waals surface area contributed by atoms with Crippen LogP contribution in [0.5, 0.6) is 11.5 Å². The van der Waals surface area contributed by atoms with Crippen LogP contribution in [0.2, 0.25) is 5.02 Å². The molecule has 1 unspecified atom stereocenters. The summed E-state index contributed by atoms with van der Waals surface area (Å²) in [7, 11) is 0. The Morgan fingerprint density at radius 3 is 2.69 bits per heavy atom. The molecule has 1 atom stereocenters. The number of rotatable bonds is 3. The molecule has 3 aromatic carbocycles. The second kappa shape index (κ2) is 7.54. The maximum atomic E-state index is 14.4. The number of aliphatic hydroxyl groups excluding tert-OH is 1. The largest absolute Gasteiger partial charge is 0.480 e. The molecule has 3 aromatic rings. The number of benzene rings is 3. The van der Waals surface area contributed by atoms with E-state index < -0.39 is 18.7 Å². The van der Waals surface area contributed by atoms with E-state index >= 15 is 0 Å². The quantitative estimate of drug-likeness (QED) is 0.442. The molecule has 4 nitrogen and oxygen atoms in total. The fourth-order valence-corrected chi connectivity index (χ4v) is 4.85. The van der Waals surface area contributed by atoms with Crippen molar-refractivity contribution in [1.29, 1.82) is 0 Å². The van der Waals surface area contributed by atoms with Gasteiger partial charge in [-0.15, -0.1) is 0 Å². The van der Waals surface area contributed by atoms with Crippen LogP contribution >= 0.6 is 11.6 Å². The lowest BCUT2D eigenvalue weighted by molar-refractivity contribution is 0.0984. The lowest BCUT2D eigenvalue weighted by atomic mass is 9.80. The van der Waals surface area contributed by atoms with Gasteiger partial charge in [0.15, 0.2) is 12.9 Å². The van der Waals surface area contributed by atoms with Crippen molar-refractivity contribution in [1.82, 2.24) is 0 Å². The molecule has 32 heavy (non-hydrogen) atoms. The summed E-state index contributed by atoms with van der Waals surface area (Å²) >= 11 is 5.95. The van der Waals surface area contributed by atoms with E-state index in [0.717, 1.165) is 33.5 Å². The van der Waals surface area contributed by atoms with Gasteiger partial charge in [-0.1, -0.05) is 29.8 Å². The average Bonchev–Trinajstić information content (AvgIpc) is 2.74. The summed E-state index contributed by atoms with van der Waals surface area (Å²) in [4.78, 5) is 0. The van der Waals surface area contributed by atoms with Gasteiger partial charge in [0.05, 0.1) is 10.6 Å². The molecule has 2 aliphatic rings. The lowest BCUT2D eigenvalue weighted by Crippen LogP contribution is -2.32. The van der Waals surface area contributed by atoms with Gasteiger partial charge in [0, 0.05) is 22.4 Å². The first-order valence-corrected chi connectivity index (χ1v) is 10.8. The van der Waals surface area contributed by atoms with Crippen LogP contribution in [0, 0.1) is 5.82 Å². The Bertz CT molecular complexity index is 1270. The van der Waals surface area contributed by atoms with Crippen molar-refractivity contribution in [2.45, 2.75) is 32.4 Å². The first-order chi connectivity index (χ1) is 15.3. The standard InChI is InChI=1S/C26H23ClFNO3/c1-14-12-26(2,3)29-21-8-6-17-18-11-16(31-13-30)5-9-22(18)32-25(24(17)23(14)21)15-4-7-19(27)20(28)10-15/h4-12,25,29-30H,13H2,1-3H3. The highest BCUT2D eigenvalue weighted by molar-refractivity contribution is 6.30. The van der Waals surface area contributed by atoms with Crippen molar-refractivity contribution in [2.75, 3.05) is 12.1 Å². The third kappa shape index (κ3) is 3.42. The Labute approximate surface area is 191 Å². The first kappa shape index (κ1) is 20.9. The molecule has 5 rings (SSSR count). The summed E-state index contributed by atoms with van der Waals surface area (Å²) in [5, 5.41) is 12.8. The van der Waals surface area contributed by atoms with E-state index in [1.807, 2.05) is 12.1 Å². The predicted octanol–water partition coefficient (Wildman–Crippen LogP) is 6.56. The van der Waals surface area contributed by atoms with Crippen LogP contribution in [0.4, 0.5) is 10.1 Å². The van der Waals surface area contributed by atoms with Gasteiger partial charge in [0.2, 0.25) is 0 Å². The Morgan fingerprint density at radius 1 is 1.12 bits per heavy atom. The number of halogens is 2. The highest BCUT2D eigenvalue weighted by Crippen LogP contribution is 2.51. The van der Waals surface area contributed by atoms with Crippen molar-refractivity contribution >= 4 is 22.9 Å². The van der Waals surface area contributed by atoms with E-state index in [9.17, 15) is 9.50 Å². The number of ether oxygens (including phenoxy) is 2. The fourth-order valence-electron chi connectivity index (χ4n) is 4.74. The summed E-state index contributed by atoms with van der Waals surface area (Å²) in [5.74, 6) is 0.720. The zero-order chi connectivity index (χ0) is 22.6. The molecule has 0 bridgehead atoms. The molecule has 0 spiro atoms. The number of hydrogen-bond donors (Lipinski definition) is 2. The third-order valence-corrected chi connectivity index (χ3v) is 6.21. The normalized spacial score (nSPS) is 17.8. The van der Waals surface area contributed by atoms with Gasteiger partial charge < -0.3 is 19.9 Å².